The molecule has 2 heterocycles. The van der Waals surface area contributed by atoms with E-state index in [1.807, 2.05) is 6.92 Å². The summed E-state index contributed by atoms with van der Waals surface area (Å²) in [5.41, 5.74) is 0.465. The second-order valence-corrected chi connectivity index (χ2v) is 6.27. The van der Waals surface area contributed by atoms with Gasteiger partial charge in [-0.25, -0.2) is 9.18 Å². The molecule has 1 aromatic carbocycles. The number of urea groups is 1. The molecule has 0 aromatic heterocycles. The standard InChI is InChI=1S/C17H21FN4O3/c1-2-13-11(5-7-19-13)16(24)20-10-3-4-12(18)14(9-10)22-8-6-15(23)21-17(22)25/h3-4,9,11,13,19H,2,5-8H2,1H3,(H,20,24)(H,21,23,25). The Hall–Kier alpha value is -2.48. The van der Waals surface area contributed by atoms with Gasteiger partial charge in [-0.15, -0.1) is 0 Å². The number of amides is 4. The van der Waals surface area contributed by atoms with Crippen molar-refractivity contribution in [1.82, 2.24) is 10.6 Å². The predicted molar refractivity (Wildman–Crippen MR) is 90.7 cm³/mol. The summed E-state index contributed by atoms with van der Waals surface area (Å²) >= 11 is 0. The minimum Gasteiger partial charge on any atom is -0.326 e. The highest BCUT2D eigenvalue weighted by Crippen LogP contribution is 2.27. The first-order chi connectivity index (χ1) is 12.0. The summed E-state index contributed by atoms with van der Waals surface area (Å²) in [4.78, 5) is 36.8. The third kappa shape index (κ3) is 3.63. The van der Waals surface area contributed by atoms with Crippen molar-refractivity contribution in [1.29, 1.82) is 0 Å². The van der Waals surface area contributed by atoms with Crippen molar-refractivity contribution in [2.75, 3.05) is 23.3 Å². The Morgan fingerprint density at radius 1 is 1.40 bits per heavy atom. The van der Waals surface area contributed by atoms with E-state index in [1.165, 1.54) is 23.1 Å². The van der Waals surface area contributed by atoms with Crippen LogP contribution in [0.5, 0.6) is 0 Å². The molecule has 0 bridgehead atoms. The first kappa shape index (κ1) is 17.3. The minimum absolute atomic E-state index is 0.0411. The fourth-order valence-electron chi connectivity index (χ4n) is 3.34. The Balaban J connectivity index is 1.76. The number of hydrogen-bond acceptors (Lipinski definition) is 4. The summed E-state index contributed by atoms with van der Waals surface area (Å²) in [6.07, 6.45) is 1.72. The Morgan fingerprint density at radius 3 is 2.92 bits per heavy atom. The van der Waals surface area contributed by atoms with E-state index in [1.54, 1.807) is 0 Å². The molecule has 0 spiro atoms. The molecule has 8 heteroatoms. The van der Waals surface area contributed by atoms with Gasteiger partial charge in [0, 0.05) is 24.7 Å². The zero-order chi connectivity index (χ0) is 18.0. The lowest BCUT2D eigenvalue weighted by molar-refractivity contribution is -0.121. The van der Waals surface area contributed by atoms with E-state index in [4.69, 9.17) is 0 Å². The number of carbonyl (C=O) groups is 3. The molecule has 0 aliphatic carbocycles. The molecule has 2 aliphatic heterocycles. The molecule has 4 amide bonds. The maximum Gasteiger partial charge on any atom is 0.328 e. The van der Waals surface area contributed by atoms with E-state index in [0.29, 0.717) is 5.69 Å². The number of benzene rings is 1. The lowest BCUT2D eigenvalue weighted by Gasteiger charge is -2.27. The highest BCUT2D eigenvalue weighted by molar-refractivity contribution is 6.06. The van der Waals surface area contributed by atoms with Gasteiger partial charge in [0.2, 0.25) is 11.8 Å². The maximum absolute atomic E-state index is 14.2. The van der Waals surface area contributed by atoms with Crippen molar-refractivity contribution in [2.24, 2.45) is 5.92 Å². The molecule has 2 unspecified atom stereocenters. The molecule has 0 radical (unpaired) electrons. The summed E-state index contributed by atoms with van der Waals surface area (Å²) in [5, 5.41) is 8.26. The second kappa shape index (κ2) is 7.18. The zero-order valence-electron chi connectivity index (χ0n) is 14.0. The second-order valence-electron chi connectivity index (χ2n) is 6.27. The quantitative estimate of drug-likeness (QED) is 0.771. The number of rotatable bonds is 4. The minimum atomic E-state index is -0.662. The number of nitrogens with one attached hydrogen (secondary N) is 3. The van der Waals surface area contributed by atoms with Crippen molar-refractivity contribution in [3.05, 3.63) is 24.0 Å². The van der Waals surface area contributed by atoms with Gasteiger partial charge in [-0.2, -0.15) is 0 Å². The van der Waals surface area contributed by atoms with Gasteiger partial charge >= 0.3 is 6.03 Å². The first-order valence-corrected chi connectivity index (χ1v) is 8.44. The third-order valence-corrected chi connectivity index (χ3v) is 4.68. The van der Waals surface area contributed by atoms with Gasteiger partial charge in [-0.1, -0.05) is 6.92 Å². The van der Waals surface area contributed by atoms with E-state index in [0.717, 1.165) is 19.4 Å². The van der Waals surface area contributed by atoms with Crippen LogP contribution < -0.4 is 20.9 Å². The van der Waals surface area contributed by atoms with E-state index < -0.39 is 11.8 Å². The fourth-order valence-corrected chi connectivity index (χ4v) is 3.34. The first-order valence-electron chi connectivity index (χ1n) is 8.44. The molecule has 3 N–H and O–H groups in total. The van der Waals surface area contributed by atoms with Gasteiger partial charge in [0.1, 0.15) is 5.82 Å². The van der Waals surface area contributed by atoms with Crippen molar-refractivity contribution in [2.45, 2.75) is 32.2 Å². The number of carbonyl (C=O) groups excluding carboxylic acids is 3. The van der Waals surface area contributed by atoms with Gasteiger partial charge in [-0.3, -0.25) is 19.8 Å². The molecule has 2 saturated heterocycles. The SMILES string of the molecule is CCC1NCCC1C(=O)Nc1ccc(F)c(N2CCC(=O)NC2=O)c1. The number of nitrogens with zero attached hydrogens (tertiary/aromatic N) is 1. The molecule has 134 valence electrons. The number of imide groups is 1. The molecular weight excluding hydrogens is 327 g/mol. The molecular formula is C17H21FN4O3. The lowest BCUT2D eigenvalue weighted by Crippen LogP contribution is -2.49. The van der Waals surface area contributed by atoms with Crippen LogP contribution in [0.15, 0.2) is 18.2 Å². The van der Waals surface area contributed by atoms with Crippen molar-refractivity contribution in [3.8, 4) is 0 Å². The van der Waals surface area contributed by atoms with E-state index in [9.17, 15) is 18.8 Å². The Kier molecular flexibility index (Phi) is 4.98. The smallest absolute Gasteiger partial charge is 0.326 e. The van der Waals surface area contributed by atoms with Crippen LogP contribution in [-0.4, -0.2) is 37.0 Å². The summed E-state index contributed by atoms with van der Waals surface area (Å²) in [7, 11) is 0. The van der Waals surface area contributed by atoms with Gasteiger partial charge < -0.3 is 10.6 Å². The van der Waals surface area contributed by atoms with Crippen LogP contribution in [0.3, 0.4) is 0 Å². The van der Waals surface area contributed by atoms with Crippen LogP contribution in [0.2, 0.25) is 0 Å². The molecule has 2 aliphatic rings. The fraction of sp³-hybridized carbons (Fsp3) is 0.471. The van der Waals surface area contributed by atoms with Gasteiger partial charge in [-0.05, 0) is 37.6 Å². The van der Waals surface area contributed by atoms with E-state index in [2.05, 4.69) is 16.0 Å². The zero-order valence-corrected chi connectivity index (χ0v) is 14.0. The molecule has 7 nitrogen and oxygen atoms in total. The topological polar surface area (TPSA) is 90.5 Å². The normalized spacial score (nSPS) is 23.5. The van der Waals surface area contributed by atoms with E-state index in [-0.39, 0.29) is 42.4 Å². The molecule has 25 heavy (non-hydrogen) atoms. The van der Waals surface area contributed by atoms with Crippen LogP contribution >= 0.6 is 0 Å². The number of anilines is 2. The van der Waals surface area contributed by atoms with Crippen LogP contribution in [-0.2, 0) is 9.59 Å². The molecule has 1 aromatic rings. The van der Waals surface area contributed by atoms with Crippen LogP contribution in [0.25, 0.3) is 0 Å². The highest BCUT2D eigenvalue weighted by Gasteiger charge is 2.32. The Morgan fingerprint density at radius 2 is 2.20 bits per heavy atom. The van der Waals surface area contributed by atoms with Gasteiger partial charge in [0.25, 0.3) is 0 Å². The van der Waals surface area contributed by atoms with Gasteiger partial charge in [0.15, 0.2) is 0 Å². The third-order valence-electron chi connectivity index (χ3n) is 4.68. The Bertz CT molecular complexity index is 709. The average Bonchev–Trinajstić information content (AvgIpc) is 3.06. The van der Waals surface area contributed by atoms with Crippen LogP contribution in [0, 0.1) is 11.7 Å². The Labute approximate surface area is 144 Å². The molecule has 2 atom stereocenters. The summed E-state index contributed by atoms with van der Waals surface area (Å²) in [5.74, 6) is -1.22. The van der Waals surface area contributed by atoms with Crippen molar-refractivity contribution < 1.29 is 18.8 Å². The molecule has 3 rings (SSSR count). The monoisotopic (exact) mass is 348 g/mol. The summed E-state index contributed by atoms with van der Waals surface area (Å²) in [6, 6.07) is 3.57. The predicted octanol–water partition coefficient (Wildman–Crippen LogP) is 1.60. The van der Waals surface area contributed by atoms with E-state index >= 15 is 0 Å². The maximum atomic E-state index is 14.2. The summed E-state index contributed by atoms with van der Waals surface area (Å²) in [6.45, 7) is 2.92. The lowest BCUT2D eigenvalue weighted by atomic mass is 9.97. The van der Waals surface area contributed by atoms with Crippen LogP contribution in [0.1, 0.15) is 26.2 Å². The highest BCUT2D eigenvalue weighted by atomic mass is 19.1. The van der Waals surface area contributed by atoms with Crippen molar-refractivity contribution in [3.63, 3.8) is 0 Å². The molecule has 2 fully saturated rings. The van der Waals surface area contributed by atoms with Crippen molar-refractivity contribution >= 4 is 29.2 Å². The molecule has 0 saturated carbocycles. The number of halogens is 1. The van der Waals surface area contributed by atoms with Crippen LogP contribution in [0.4, 0.5) is 20.6 Å². The number of hydrogen-bond donors (Lipinski definition) is 3. The largest absolute Gasteiger partial charge is 0.328 e. The average molecular weight is 348 g/mol. The van der Waals surface area contributed by atoms with Gasteiger partial charge in [0.05, 0.1) is 11.6 Å². The summed E-state index contributed by atoms with van der Waals surface area (Å²) < 4.78 is 14.2.